The first kappa shape index (κ1) is 14.0. The number of unbranched alkanes of at least 4 members (excludes halogenated alkanes) is 2. The fraction of sp³-hybridized carbons (Fsp3) is 1.00. The van der Waals surface area contributed by atoms with Crippen LogP contribution >= 0.6 is 15.9 Å². The molecule has 0 radical (unpaired) electrons. The Morgan fingerprint density at radius 2 is 1.55 bits per heavy atom. The minimum Gasteiger partial charge on any atom is -0.0928 e. The molecule has 0 atom stereocenters. The molecule has 0 fully saturated rings. The number of halogens is 1. The van der Waals surface area contributed by atoms with Gasteiger partial charge in [0.25, 0.3) is 0 Å². The number of hydrogen-bond donors (Lipinski definition) is 0. The third-order valence-corrected chi connectivity index (χ3v) is 1.98. The van der Waals surface area contributed by atoms with Crippen molar-refractivity contribution in [3.05, 3.63) is 0 Å². The Labute approximate surface area is 80.9 Å². The Bertz CT molecular complexity index is 50.8. The molecule has 0 saturated carbocycles. The second-order valence-corrected chi connectivity index (χ2v) is 3.73. The molecule has 1 heteroatoms. The summed E-state index contributed by atoms with van der Waals surface area (Å²) in [6.07, 6.45) is 5.53. The maximum Gasteiger partial charge on any atom is 0.00313 e. The first-order valence-corrected chi connectivity index (χ1v) is 5.95. The van der Waals surface area contributed by atoms with Crippen LogP contribution in [0.25, 0.3) is 0 Å². The Morgan fingerprint density at radius 1 is 1.00 bits per heavy atom. The highest BCUT2D eigenvalue weighted by molar-refractivity contribution is 9.09. The second kappa shape index (κ2) is 13.1. The summed E-state index contributed by atoms with van der Waals surface area (Å²) >= 11 is 3.42. The van der Waals surface area contributed by atoms with Crippen LogP contribution in [0.2, 0.25) is 0 Å². The molecule has 0 N–H and O–H groups in total. The van der Waals surface area contributed by atoms with Gasteiger partial charge in [0.1, 0.15) is 0 Å². The van der Waals surface area contributed by atoms with Gasteiger partial charge in [-0.1, -0.05) is 62.9 Å². The van der Waals surface area contributed by atoms with Crippen molar-refractivity contribution < 1.29 is 0 Å². The average molecular weight is 223 g/mol. The van der Waals surface area contributed by atoms with Gasteiger partial charge in [-0.3, -0.25) is 0 Å². The molecule has 0 aromatic carbocycles. The minimum atomic E-state index is 0.889. The summed E-state index contributed by atoms with van der Waals surface area (Å²) in [5.41, 5.74) is 0. The van der Waals surface area contributed by atoms with Crippen molar-refractivity contribution in [2.45, 2.75) is 53.4 Å². The standard InChI is InChI=1S/C8H17Br.C2H6/c1-8(2)6-4-3-5-7-9;1-2/h8H,3-7H2,1-2H3;1-2H3. The molecule has 0 rings (SSSR count). The maximum atomic E-state index is 3.42. The Morgan fingerprint density at radius 3 is 1.91 bits per heavy atom. The van der Waals surface area contributed by atoms with Crippen LogP contribution in [0.1, 0.15) is 53.4 Å². The van der Waals surface area contributed by atoms with Gasteiger partial charge in [0.2, 0.25) is 0 Å². The van der Waals surface area contributed by atoms with Crippen molar-refractivity contribution in [3.63, 3.8) is 0 Å². The molecule has 11 heavy (non-hydrogen) atoms. The second-order valence-electron chi connectivity index (χ2n) is 2.93. The lowest BCUT2D eigenvalue weighted by Gasteiger charge is -2.01. The molecule has 0 heterocycles. The molecule has 0 spiro atoms. The first-order chi connectivity index (χ1) is 5.27. The quantitative estimate of drug-likeness (QED) is 0.471. The summed E-state index contributed by atoms with van der Waals surface area (Å²) in [5.74, 6) is 0.889. The molecular weight excluding hydrogens is 200 g/mol. The van der Waals surface area contributed by atoms with E-state index in [0.717, 1.165) is 5.92 Å². The molecule has 0 aromatic heterocycles. The van der Waals surface area contributed by atoms with Crippen molar-refractivity contribution in [3.8, 4) is 0 Å². The van der Waals surface area contributed by atoms with Crippen LogP contribution < -0.4 is 0 Å². The normalized spacial score (nSPS) is 9.27. The minimum absolute atomic E-state index is 0.889. The fourth-order valence-electron chi connectivity index (χ4n) is 0.824. The zero-order chi connectivity index (χ0) is 9.11. The van der Waals surface area contributed by atoms with E-state index in [1.165, 1.54) is 31.0 Å². The zero-order valence-electron chi connectivity index (χ0n) is 8.49. The van der Waals surface area contributed by atoms with Gasteiger partial charge in [0.15, 0.2) is 0 Å². The van der Waals surface area contributed by atoms with Gasteiger partial charge in [-0.05, 0) is 12.3 Å². The molecule has 0 aliphatic heterocycles. The van der Waals surface area contributed by atoms with Gasteiger partial charge >= 0.3 is 0 Å². The van der Waals surface area contributed by atoms with Gasteiger partial charge < -0.3 is 0 Å². The van der Waals surface area contributed by atoms with E-state index in [1.54, 1.807) is 0 Å². The lowest BCUT2D eigenvalue weighted by molar-refractivity contribution is 0.536. The lowest BCUT2D eigenvalue weighted by Crippen LogP contribution is -1.86. The van der Waals surface area contributed by atoms with E-state index >= 15 is 0 Å². The summed E-state index contributed by atoms with van der Waals surface area (Å²) in [7, 11) is 0. The monoisotopic (exact) mass is 222 g/mol. The Kier molecular flexibility index (Phi) is 16.7. The SMILES string of the molecule is CC.CC(C)CCCCCBr. The summed E-state index contributed by atoms with van der Waals surface area (Å²) in [5, 5.41) is 1.17. The number of rotatable bonds is 5. The first-order valence-electron chi connectivity index (χ1n) is 4.83. The molecular formula is C10H23Br. The Hall–Kier alpha value is 0.480. The smallest absolute Gasteiger partial charge is 0.00313 e. The summed E-state index contributed by atoms with van der Waals surface area (Å²) in [6.45, 7) is 8.57. The molecule has 0 nitrogen and oxygen atoms in total. The topological polar surface area (TPSA) is 0 Å². The van der Waals surface area contributed by atoms with Gasteiger partial charge in [0.05, 0.1) is 0 Å². The van der Waals surface area contributed by atoms with Crippen LogP contribution in [-0.4, -0.2) is 5.33 Å². The van der Waals surface area contributed by atoms with Gasteiger partial charge in [-0.2, -0.15) is 0 Å². The van der Waals surface area contributed by atoms with E-state index in [1.807, 2.05) is 13.8 Å². The molecule has 0 bridgehead atoms. The van der Waals surface area contributed by atoms with E-state index in [2.05, 4.69) is 29.8 Å². The third kappa shape index (κ3) is 17.9. The summed E-state index contributed by atoms with van der Waals surface area (Å²) in [6, 6.07) is 0. The van der Waals surface area contributed by atoms with E-state index in [9.17, 15) is 0 Å². The van der Waals surface area contributed by atoms with Crippen molar-refractivity contribution in [2.24, 2.45) is 5.92 Å². The van der Waals surface area contributed by atoms with Crippen LogP contribution in [0.4, 0.5) is 0 Å². The number of alkyl halides is 1. The molecule has 0 amide bonds. The fourth-order valence-corrected chi connectivity index (χ4v) is 1.22. The van der Waals surface area contributed by atoms with Crippen molar-refractivity contribution in [1.82, 2.24) is 0 Å². The Balaban J connectivity index is 0. The highest BCUT2D eigenvalue weighted by Gasteiger charge is 1.92. The van der Waals surface area contributed by atoms with Crippen LogP contribution in [0, 0.1) is 5.92 Å². The summed E-state index contributed by atoms with van der Waals surface area (Å²) < 4.78 is 0. The van der Waals surface area contributed by atoms with E-state index < -0.39 is 0 Å². The highest BCUT2D eigenvalue weighted by Crippen LogP contribution is 2.08. The van der Waals surface area contributed by atoms with Crippen LogP contribution in [0.15, 0.2) is 0 Å². The molecule has 70 valence electrons. The summed E-state index contributed by atoms with van der Waals surface area (Å²) in [4.78, 5) is 0. The molecule has 0 aliphatic rings. The molecule has 0 aromatic rings. The van der Waals surface area contributed by atoms with E-state index in [0.29, 0.717) is 0 Å². The van der Waals surface area contributed by atoms with Gasteiger partial charge in [-0.15, -0.1) is 0 Å². The van der Waals surface area contributed by atoms with Crippen molar-refractivity contribution >= 4 is 15.9 Å². The number of hydrogen-bond acceptors (Lipinski definition) is 0. The van der Waals surface area contributed by atoms with E-state index in [4.69, 9.17) is 0 Å². The van der Waals surface area contributed by atoms with Crippen molar-refractivity contribution in [2.75, 3.05) is 5.33 Å². The van der Waals surface area contributed by atoms with Crippen molar-refractivity contribution in [1.29, 1.82) is 0 Å². The maximum absolute atomic E-state index is 3.42. The van der Waals surface area contributed by atoms with Gasteiger partial charge in [-0.25, -0.2) is 0 Å². The van der Waals surface area contributed by atoms with Crippen LogP contribution in [-0.2, 0) is 0 Å². The van der Waals surface area contributed by atoms with Gasteiger partial charge in [0, 0.05) is 5.33 Å². The third-order valence-electron chi connectivity index (χ3n) is 1.42. The predicted octanol–water partition coefficient (Wildman–Crippen LogP) is 4.62. The lowest BCUT2D eigenvalue weighted by atomic mass is 10.1. The molecule has 0 unspecified atom stereocenters. The molecule has 0 saturated heterocycles. The van der Waals surface area contributed by atoms with Crippen LogP contribution in [0.3, 0.4) is 0 Å². The predicted molar refractivity (Wildman–Crippen MR) is 58.4 cm³/mol. The highest BCUT2D eigenvalue weighted by atomic mass is 79.9. The van der Waals surface area contributed by atoms with E-state index in [-0.39, 0.29) is 0 Å². The zero-order valence-corrected chi connectivity index (χ0v) is 10.1. The average Bonchev–Trinajstić information content (AvgIpc) is 2.02. The molecule has 0 aliphatic carbocycles. The van der Waals surface area contributed by atoms with Crippen LogP contribution in [0.5, 0.6) is 0 Å². The largest absolute Gasteiger partial charge is 0.0928 e.